The van der Waals surface area contributed by atoms with Crippen molar-refractivity contribution >= 4 is 45.3 Å². The van der Waals surface area contributed by atoms with Gasteiger partial charge in [-0.2, -0.15) is 0 Å². The molecule has 8 nitrogen and oxygen atoms in total. The van der Waals surface area contributed by atoms with Crippen molar-refractivity contribution in [3.05, 3.63) is 84.4 Å². The molecule has 2 amide bonds. The minimum atomic E-state index is -0.410. The van der Waals surface area contributed by atoms with E-state index in [1.165, 1.54) is 25.1 Å². The Kier molecular flexibility index (Phi) is 5.99. The van der Waals surface area contributed by atoms with Crippen LogP contribution in [-0.4, -0.2) is 22.0 Å². The fourth-order valence-electron chi connectivity index (χ4n) is 3.22. The number of anilines is 2. The van der Waals surface area contributed by atoms with E-state index in [4.69, 9.17) is 0 Å². The number of azo groups is 1. The predicted octanol–water partition coefficient (Wildman–Crippen LogP) is 5.88. The average Bonchev–Trinajstić information content (AvgIpc) is 2.80. The number of phenols is 2. The number of amides is 2. The van der Waals surface area contributed by atoms with Gasteiger partial charge in [0, 0.05) is 29.2 Å². The first-order chi connectivity index (χ1) is 15.9. The summed E-state index contributed by atoms with van der Waals surface area (Å²) in [6.07, 6.45) is 0. The summed E-state index contributed by atoms with van der Waals surface area (Å²) in [5.74, 6) is -0.773. The van der Waals surface area contributed by atoms with Crippen LogP contribution in [0.4, 0.5) is 22.7 Å². The molecule has 0 radical (unpaired) electrons. The topological polar surface area (TPSA) is 123 Å². The molecular formula is C25H20N4O4. The Balaban J connectivity index is 1.53. The van der Waals surface area contributed by atoms with Gasteiger partial charge in [-0.1, -0.05) is 30.3 Å². The first-order valence-corrected chi connectivity index (χ1v) is 10.1. The molecule has 0 aromatic heterocycles. The van der Waals surface area contributed by atoms with E-state index in [0.29, 0.717) is 16.8 Å². The molecule has 164 valence electrons. The van der Waals surface area contributed by atoms with Gasteiger partial charge in [-0.05, 0) is 53.9 Å². The number of hydrogen-bond donors (Lipinski definition) is 4. The van der Waals surface area contributed by atoms with E-state index in [1.807, 2.05) is 24.3 Å². The number of nitrogens with one attached hydrogen (secondary N) is 2. The Morgan fingerprint density at radius 2 is 1.42 bits per heavy atom. The van der Waals surface area contributed by atoms with Gasteiger partial charge in [-0.15, -0.1) is 10.2 Å². The first kappa shape index (κ1) is 21.5. The Labute approximate surface area is 189 Å². The minimum Gasteiger partial charge on any atom is -0.506 e. The van der Waals surface area contributed by atoms with Crippen molar-refractivity contribution in [1.29, 1.82) is 0 Å². The molecule has 0 heterocycles. The predicted molar refractivity (Wildman–Crippen MR) is 127 cm³/mol. The van der Waals surface area contributed by atoms with Crippen LogP contribution in [0.2, 0.25) is 0 Å². The summed E-state index contributed by atoms with van der Waals surface area (Å²) in [6.45, 7) is 1.41. The highest BCUT2D eigenvalue weighted by atomic mass is 16.3. The van der Waals surface area contributed by atoms with Crippen molar-refractivity contribution < 1.29 is 19.8 Å². The largest absolute Gasteiger partial charge is 0.506 e. The summed E-state index contributed by atoms with van der Waals surface area (Å²) < 4.78 is 0. The zero-order valence-corrected chi connectivity index (χ0v) is 17.6. The zero-order chi connectivity index (χ0) is 23.4. The summed E-state index contributed by atoms with van der Waals surface area (Å²) in [5, 5.41) is 35.6. The van der Waals surface area contributed by atoms with Crippen molar-refractivity contribution in [2.75, 3.05) is 10.6 Å². The molecule has 0 aliphatic heterocycles. The van der Waals surface area contributed by atoms with E-state index >= 15 is 0 Å². The van der Waals surface area contributed by atoms with Gasteiger partial charge in [0.15, 0.2) is 5.75 Å². The molecule has 0 saturated heterocycles. The molecule has 0 bridgehead atoms. The lowest BCUT2D eigenvalue weighted by atomic mass is 10.1. The van der Waals surface area contributed by atoms with Crippen LogP contribution in [0, 0.1) is 0 Å². The van der Waals surface area contributed by atoms with E-state index in [9.17, 15) is 19.8 Å². The summed E-state index contributed by atoms with van der Waals surface area (Å²) in [6, 6.07) is 21.6. The molecule has 33 heavy (non-hydrogen) atoms. The molecule has 0 aliphatic rings. The van der Waals surface area contributed by atoms with Gasteiger partial charge in [-0.25, -0.2) is 0 Å². The van der Waals surface area contributed by atoms with Crippen LogP contribution in [0.1, 0.15) is 17.3 Å². The van der Waals surface area contributed by atoms with E-state index in [2.05, 4.69) is 20.9 Å². The number of benzene rings is 4. The Morgan fingerprint density at radius 1 is 0.758 bits per heavy atom. The summed E-state index contributed by atoms with van der Waals surface area (Å²) in [7, 11) is 0. The van der Waals surface area contributed by atoms with Gasteiger partial charge in [0.25, 0.3) is 5.91 Å². The number of aromatic hydroxyl groups is 2. The molecule has 0 fully saturated rings. The second-order valence-electron chi connectivity index (χ2n) is 7.27. The van der Waals surface area contributed by atoms with Crippen LogP contribution in [0.15, 0.2) is 89.1 Å². The van der Waals surface area contributed by atoms with Crippen molar-refractivity contribution in [1.82, 2.24) is 0 Å². The van der Waals surface area contributed by atoms with Gasteiger partial charge in [0.2, 0.25) is 5.91 Å². The van der Waals surface area contributed by atoms with Gasteiger partial charge in [-0.3, -0.25) is 9.59 Å². The number of nitrogens with zero attached hydrogens (tertiary/aromatic N) is 2. The van der Waals surface area contributed by atoms with Crippen LogP contribution in [0.5, 0.6) is 11.5 Å². The van der Waals surface area contributed by atoms with Gasteiger partial charge < -0.3 is 20.8 Å². The maximum atomic E-state index is 12.6. The van der Waals surface area contributed by atoms with Crippen molar-refractivity contribution in [3.8, 4) is 11.5 Å². The normalized spacial score (nSPS) is 10.9. The smallest absolute Gasteiger partial charge is 0.255 e. The highest BCUT2D eigenvalue weighted by Gasteiger charge is 2.11. The number of fused-ring (bicyclic) bond motifs is 1. The molecule has 4 aromatic carbocycles. The SMILES string of the molecule is CC(=O)Nc1ccc(NC(=O)c2ccc(O)c(N=Nc3ccc4ccccc4c3O)c2)cc1. The fraction of sp³-hybridized carbons (Fsp3) is 0.0400. The van der Waals surface area contributed by atoms with Gasteiger partial charge in [0.1, 0.15) is 17.1 Å². The number of carbonyl (C=O) groups is 2. The molecule has 0 unspecified atom stereocenters. The van der Waals surface area contributed by atoms with Gasteiger partial charge in [0.05, 0.1) is 0 Å². The van der Waals surface area contributed by atoms with Crippen LogP contribution in [-0.2, 0) is 4.79 Å². The minimum absolute atomic E-state index is 0.0204. The monoisotopic (exact) mass is 440 g/mol. The quantitative estimate of drug-likeness (QED) is 0.289. The van der Waals surface area contributed by atoms with Crippen molar-refractivity contribution in [2.45, 2.75) is 6.92 Å². The number of carbonyl (C=O) groups excluding carboxylic acids is 2. The van der Waals surface area contributed by atoms with E-state index in [1.54, 1.807) is 36.4 Å². The highest BCUT2D eigenvalue weighted by molar-refractivity contribution is 6.05. The van der Waals surface area contributed by atoms with E-state index < -0.39 is 5.91 Å². The molecule has 0 spiro atoms. The molecule has 0 aliphatic carbocycles. The lowest BCUT2D eigenvalue weighted by Crippen LogP contribution is -2.12. The van der Waals surface area contributed by atoms with Crippen LogP contribution < -0.4 is 10.6 Å². The lowest BCUT2D eigenvalue weighted by Gasteiger charge is -2.08. The van der Waals surface area contributed by atoms with E-state index in [-0.39, 0.29) is 34.3 Å². The zero-order valence-electron chi connectivity index (χ0n) is 17.6. The van der Waals surface area contributed by atoms with Gasteiger partial charge >= 0.3 is 0 Å². The molecular weight excluding hydrogens is 420 g/mol. The molecule has 4 N–H and O–H groups in total. The van der Waals surface area contributed by atoms with Crippen molar-refractivity contribution in [3.63, 3.8) is 0 Å². The standard InChI is InChI=1S/C25H20N4O4/c1-15(30)26-18-8-10-19(11-9-18)27-25(33)17-7-13-23(31)22(14-17)29-28-21-12-6-16-4-2-3-5-20(16)24(21)32/h2-14,31-32H,1H3,(H,26,30)(H,27,33). The molecule has 4 rings (SSSR count). The average molecular weight is 440 g/mol. The maximum Gasteiger partial charge on any atom is 0.255 e. The molecule has 8 heteroatoms. The fourth-order valence-corrected chi connectivity index (χ4v) is 3.22. The Hall–Kier alpha value is -4.72. The summed E-state index contributed by atoms with van der Waals surface area (Å²) >= 11 is 0. The van der Waals surface area contributed by atoms with Crippen LogP contribution in [0.3, 0.4) is 0 Å². The molecule has 0 saturated carbocycles. The maximum absolute atomic E-state index is 12.6. The Morgan fingerprint density at radius 3 is 2.15 bits per heavy atom. The Bertz CT molecular complexity index is 1380. The third-order valence-electron chi connectivity index (χ3n) is 4.85. The number of hydrogen-bond acceptors (Lipinski definition) is 6. The highest BCUT2D eigenvalue weighted by Crippen LogP contribution is 2.36. The third kappa shape index (κ3) is 4.96. The second-order valence-corrected chi connectivity index (χ2v) is 7.27. The van der Waals surface area contributed by atoms with Crippen molar-refractivity contribution in [2.24, 2.45) is 10.2 Å². The van der Waals surface area contributed by atoms with Crippen LogP contribution >= 0.6 is 0 Å². The molecule has 0 atom stereocenters. The first-order valence-electron chi connectivity index (χ1n) is 10.1. The second kappa shape index (κ2) is 9.19. The van der Waals surface area contributed by atoms with E-state index in [0.717, 1.165) is 5.39 Å². The summed E-state index contributed by atoms with van der Waals surface area (Å²) in [5.41, 5.74) is 1.73. The summed E-state index contributed by atoms with van der Waals surface area (Å²) in [4.78, 5) is 23.7. The number of phenolic OH excluding ortho intramolecular Hbond substituents is 2. The lowest BCUT2D eigenvalue weighted by molar-refractivity contribution is -0.114. The third-order valence-corrected chi connectivity index (χ3v) is 4.85. The molecule has 4 aromatic rings. The number of rotatable bonds is 5. The van der Waals surface area contributed by atoms with Crippen LogP contribution in [0.25, 0.3) is 10.8 Å².